The van der Waals surface area contributed by atoms with Gasteiger partial charge in [0.15, 0.2) is 5.78 Å². The van der Waals surface area contributed by atoms with E-state index in [1.807, 2.05) is 0 Å². The molecule has 3 nitrogen and oxygen atoms in total. The average Bonchev–Trinajstić information content (AvgIpc) is 2.15. The summed E-state index contributed by atoms with van der Waals surface area (Å²) in [6.07, 6.45) is 0.525. The highest BCUT2D eigenvalue weighted by Gasteiger charge is 2.09. The topological polar surface area (TPSA) is 60.2 Å². The number of hydrogen-bond acceptors (Lipinski definition) is 3. The Kier molecular flexibility index (Phi) is 3.40. The monoisotopic (exact) mass is 191 g/mol. The molecule has 0 spiro atoms. The lowest BCUT2D eigenvalue weighted by Gasteiger charge is -2.02. The van der Waals surface area contributed by atoms with Crippen molar-refractivity contribution in [1.82, 2.24) is 0 Å². The molecule has 0 saturated carbocycles. The molecule has 0 aliphatic heterocycles. The van der Waals surface area contributed by atoms with Crippen molar-refractivity contribution in [2.75, 3.05) is 5.73 Å². The zero-order valence-corrected chi connectivity index (χ0v) is 8.12. The van der Waals surface area contributed by atoms with Crippen LogP contribution in [-0.4, -0.2) is 11.6 Å². The molecule has 1 aromatic carbocycles. The van der Waals surface area contributed by atoms with Crippen LogP contribution in [0.1, 0.15) is 30.1 Å². The number of nitrogen functional groups attached to an aromatic ring is 1. The van der Waals surface area contributed by atoms with Gasteiger partial charge in [0.25, 0.3) is 0 Å². The van der Waals surface area contributed by atoms with Crippen LogP contribution in [0.2, 0.25) is 0 Å². The largest absolute Gasteiger partial charge is 0.398 e. The summed E-state index contributed by atoms with van der Waals surface area (Å²) in [5.74, 6) is -0.0499. The maximum Gasteiger partial charge on any atom is 0.165 e. The first-order valence-corrected chi connectivity index (χ1v) is 4.48. The molecule has 0 aliphatic carbocycles. The third-order valence-electron chi connectivity index (χ3n) is 1.97. The van der Waals surface area contributed by atoms with Gasteiger partial charge in [-0.05, 0) is 19.1 Å². The van der Waals surface area contributed by atoms with E-state index < -0.39 is 0 Å². The van der Waals surface area contributed by atoms with E-state index >= 15 is 0 Å². The molecule has 0 saturated heterocycles. The molecule has 0 unspecified atom stereocenters. The Morgan fingerprint density at radius 1 is 1.21 bits per heavy atom. The summed E-state index contributed by atoms with van der Waals surface area (Å²) >= 11 is 0. The number of hydrogen-bond donors (Lipinski definition) is 1. The van der Waals surface area contributed by atoms with Crippen LogP contribution < -0.4 is 5.73 Å². The van der Waals surface area contributed by atoms with Gasteiger partial charge in [-0.15, -0.1) is 0 Å². The number of para-hydroxylation sites is 1. The molecule has 1 aromatic rings. The van der Waals surface area contributed by atoms with Crippen LogP contribution in [0.4, 0.5) is 5.69 Å². The minimum absolute atomic E-state index is 0.0212. The highest BCUT2D eigenvalue weighted by Crippen LogP contribution is 2.13. The fraction of sp³-hybridized carbons (Fsp3) is 0.273. The Labute approximate surface area is 82.9 Å². The molecular formula is C11H13NO2. The van der Waals surface area contributed by atoms with E-state index in [4.69, 9.17) is 5.73 Å². The number of carbonyl (C=O) groups is 2. The zero-order chi connectivity index (χ0) is 10.6. The Morgan fingerprint density at radius 2 is 1.86 bits per heavy atom. The van der Waals surface area contributed by atoms with Crippen LogP contribution in [0.5, 0.6) is 0 Å². The smallest absolute Gasteiger partial charge is 0.165 e. The summed E-state index contributed by atoms with van der Waals surface area (Å²) in [6, 6.07) is 6.90. The fourth-order valence-corrected chi connectivity index (χ4v) is 1.18. The first-order valence-electron chi connectivity index (χ1n) is 4.48. The van der Waals surface area contributed by atoms with Crippen molar-refractivity contribution in [3.63, 3.8) is 0 Å². The van der Waals surface area contributed by atoms with Crippen LogP contribution in [0.3, 0.4) is 0 Å². The van der Waals surface area contributed by atoms with Crippen molar-refractivity contribution in [3.05, 3.63) is 29.8 Å². The molecular weight excluding hydrogens is 178 g/mol. The zero-order valence-electron chi connectivity index (χ0n) is 8.12. The number of Topliss-reactive ketones (excluding diaryl/α,β-unsaturated/α-hetero) is 2. The van der Waals surface area contributed by atoms with Crippen molar-refractivity contribution in [3.8, 4) is 0 Å². The predicted octanol–water partition coefficient (Wildman–Crippen LogP) is 1.82. The normalized spacial score (nSPS) is 9.79. The molecule has 0 bridgehead atoms. The van der Waals surface area contributed by atoms with E-state index in [2.05, 4.69) is 0 Å². The minimum Gasteiger partial charge on any atom is -0.398 e. The van der Waals surface area contributed by atoms with Crippen LogP contribution in [0.25, 0.3) is 0 Å². The molecule has 0 aliphatic rings. The third kappa shape index (κ3) is 2.69. The molecule has 0 atom stereocenters. The molecule has 0 aromatic heterocycles. The van der Waals surface area contributed by atoms with Crippen LogP contribution in [0, 0.1) is 0 Å². The lowest BCUT2D eigenvalue weighted by Crippen LogP contribution is -2.05. The molecule has 0 radical (unpaired) electrons. The van der Waals surface area contributed by atoms with Gasteiger partial charge >= 0.3 is 0 Å². The molecule has 74 valence electrons. The quantitative estimate of drug-likeness (QED) is 0.583. The Morgan fingerprint density at radius 3 is 2.43 bits per heavy atom. The van der Waals surface area contributed by atoms with E-state index in [-0.39, 0.29) is 24.4 Å². The third-order valence-corrected chi connectivity index (χ3v) is 1.97. The summed E-state index contributed by atoms with van der Waals surface area (Å²) < 4.78 is 0. The molecule has 2 N–H and O–H groups in total. The Balaban J connectivity index is 2.70. The van der Waals surface area contributed by atoms with E-state index in [1.54, 1.807) is 24.3 Å². The molecule has 0 amide bonds. The predicted molar refractivity (Wildman–Crippen MR) is 55.1 cm³/mol. The molecule has 14 heavy (non-hydrogen) atoms. The summed E-state index contributed by atoms with van der Waals surface area (Å²) in [7, 11) is 0. The number of anilines is 1. The van der Waals surface area contributed by atoms with E-state index in [0.717, 1.165) is 0 Å². The van der Waals surface area contributed by atoms with Crippen molar-refractivity contribution < 1.29 is 9.59 Å². The van der Waals surface area contributed by atoms with Gasteiger partial charge in [0, 0.05) is 24.1 Å². The summed E-state index contributed by atoms with van der Waals surface area (Å²) in [4.78, 5) is 22.2. The van der Waals surface area contributed by atoms with Crippen LogP contribution in [0.15, 0.2) is 24.3 Å². The molecule has 3 heteroatoms. The molecule has 1 rings (SSSR count). The van der Waals surface area contributed by atoms with E-state index in [0.29, 0.717) is 11.3 Å². The van der Waals surface area contributed by atoms with Gasteiger partial charge in [-0.25, -0.2) is 0 Å². The van der Waals surface area contributed by atoms with Gasteiger partial charge in [0.1, 0.15) is 5.78 Å². The average molecular weight is 191 g/mol. The SMILES string of the molecule is CC(=O)CCC(=O)c1ccccc1N. The standard InChI is InChI=1S/C11H13NO2/c1-8(13)6-7-11(14)9-4-2-3-5-10(9)12/h2-5H,6-7,12H2,1H3. The number of rotatable bonds is 4. The number of nitrogens with two attached hydrogens (primary N) is 1. The second-order valence-electron chi connectivity index (χ2n) is 3.21. The molecule has 0 heterocycles. The summed E-state index contributed by atoms with van der Waals surface area (Å²) in [5.41, 5.74) is 6.60. The Bertz CT molecular complexity index is 358. The van der Waals surface area contributed by atoms with Crippen molar-refractivity contribution in [2.45, 2.75) is 19.8 Å². The highest BCUT2D eigenvalue weighted by molar-refractivity contribution is 6.01. The Hall–Kier alpha value is -1.64. The summed E-state index contributed by atoms with van der Waals surface area (Å²) in [5, 5.41) is 0. The van der Waals surface area contributed by atoms with Gasteiger partial charge < -0.3 is 10.5 Å². The van der Waals surface area contributed by atoms with Crippen LogP contribution >= 0.6 is 0 Å². The van der Waals surface area contributed by atoms with E-state index in [1.165, 1.54) is 6.92 Å². The number of carbonyl (C=O) groups excluding carboxylic acids is 2. The van der Waals surface area contributed by atoms with Gasteiger partial charge in [-0.3, -0.25) is 4.79 Å². The first kappa shape index (κ1) is 10.4. The first-order chi connectivity index (χ1) is 6.61. The maximum absolute atomic E-state index is 11.5. The molecule has 0 fully saturated rings. The number of ketones is 2. The minimum atomic E-state index is -0.0710. The van der Waals surface area contributed by atoms with E-state index in [9.17, 15) is 9.59 Å². The van der Waals surface area contributed by atoms with Crippen molar-refractivity contribution >= 4 is 17.3 Å². The van der Waals surface area contributed by atoms with Crippen molar-refractivity contribution in [2.24, 2.45) is 0 Å². The maximum atomic E-state index is 11.5. The van der Waals surface area contributed by atoms with Gasteiger partial charge in [-0.2, -0.15) is 0 Å². The second kappa shape index (κ2) is 4.56. The van der Waals surface area contributed by atoms with Crippen LogP contribution in [-0.2, 0) is 4.79 Å². The van der Waals surface area contributed by atoms with Gasteiger partial charge in [0.2, 0.25) is 0 Å². The lowest BCUT2D eigenvalue weighted by atomic mass is 10.0. The van der Waals surface area contributed by atoms with Gasteiger partial charge in [-0.1, -0.05) is 12.1 Å². The highest BCUT2D eigenvalue weighted by atomic mass is 16.1. The second-order valence-corrected chi connectivity index (χ2v) is 3.21. The summed E-state index contributed by atoms with van der Waals surface area (Å²) in [6.45, 7) is 1.47. The fourth-order valence-electron chi connectivity index (χ4n) is 1.18. The van der Waals surface area contributed by atoms with Gasteiger partial charge in [0.05, 0.1) is 0 Å². The number of benzene rings is 1. The lowest BCUT2D eigenvalue weighted by molar-refractivity contribution is -0.116. The van der Waals surface area contributed by atoms with Crippen molar-refractivity contribution in [1.29, 1.82) is 0 Å².